The Morgan fingerprint density at radius 1 is 1.14 bits per heavy atom. The Kier molecular flexibility index (Phi) is 5.89. The van der Waals surface area contributed by atoms with Crippen LogP contribution in [0, 0.1) is 20.8 Å². The second-order valence-corrected chi connectivity index (χ2v) is 7.35. The lowest BCUT2D eigenvalue weighted by molar-refractivity contribution is -0.142. The minimum absolute atomic E-state index is 0.0543. The molecule has 0 aliphatic heterocycles. The fourth-order valence-electron chi connectivity index (χ4n) is 2.93. The summed E-state index contributed by atoms with van der Waals surface area (Å²) in [6, 6.07) is 7.01. The number of Topliss-reactive ketones (excluding diaryl/α,β-unsaturated/α-hetero) is 2. The lowest BCUT2D eigenvalue weighted by Crippen LogP contribution is -2.15. The van der Waals surface area contributed by atoms with Crippen molar-refractivity contribution in [2.75, 3.05) is 6.61 Å². The van der Waals surface area contributed by atoms with E-state index in [0.29, 0.717) is 27.7 Å². The normalized spacial score (nSPS) is 10.8. The summed E-state index contributed by atoms with van der Waals surface area (Å²) in [6.45, 7) is 5.08. The van der Waals surface area contributed by atoms with Crippen LogP contribution in [-0.4, -0.2) is 33.9 Å². The van der Waals surface area contributed by atoms with Gasteiger partial charge < -0.3 is 9.26 Å². The van der Waals surface area contributed by atoms with E-state index in [0.717, 1.165) is 5.69 Å². The van der Waals surface area contributed by atoms with Crippen molar-refractivity contribution in [2.24, 2.45) is 0 Å². The first-order valence-corrected chi connectivity index (χ1v) is 9.63. The van der Waals surface area contributed by atoms with E-state index in [9.17, 15) is 14.4 Å². The van der Waals surface area contributed by atoms with E-state index < -0.39 is 5.97 Å². The van der Waals surface area contributed by atoms with Crippen LogP contribution in [0.25, 0.3) is 5.82 Å². The van der Waals surface area contributed by atoms with Crippen molar-refractivity contribution < 1.29 is 23.6 Å². The van der Waals surface area contributed by atoms with Crippen LogP contribution in [0.2, 0.25) is 0 Å². The minimum Gasteiger partial charge on any atom is -0.457 e. The van der Waals surface area contributed by atoms with Gasteiger partial charge in [0.1, 0.15) is 5.76 Å². The topological polar surface area (TPSA) is 91.4 Å². The number of ketones is 2. The smallest absolute Gasteiger partial charge is 0.306 e. The Hall–Kier alpha value is -3.00. The number of aryl methyl sites for hydroxylation is 2. The molecule has 7 nitrogen and oxygen atoms in total. The van der Waals surface area contributed by atoms with Gasteiger partial charge in [-0.05, 0) is 38.3 Å². The molecule has 3 aromatic heterocycles. The molecule has 0 saturated carbocycles. The number of aromatic nitrogens is 2. The summed E-state index contributed by atoms with van der Waals surface area (Å²) in [5, 5.41) is 5.78. The van der Waals surface area contributed by atoms with Crippen molar-refractivity contribution in [1.82, 2.24) is 9.72 Å². The number of ether oxygens (including phenoxy) is 1. The van der Waals surface area contributed by atoms with Crippen LogP contribution in [-0.2, 0) is 9.53 Å². The average Bonchev–Trinajstić information content (AvgIpc) is 3.39. The van der Waals surface area contributed by atoms with E-state index >= 15 is 0 Å². The number of rotatable bonds is 8. The van der Waals surface area contributed by atoms with Gasteiger partial charge in [-0.2, -0.15) is 0 Å². The van der Waals surface area contributed by atoms with E-state index in [2.05, 4.69) is 5.16 Å². The van der Waals surface area contributed by atoms with Crippen LogP contribution in [0.3, 0.4) is 0 Å². The van der Waals surface area contributed by atoms with Crippen LogP contribution in [0.4, 0.5) is 0 Å². The predicted molar refractivity (Wildman–Crippen MR) is 103 cm³/mol. The molecule has 0 fully saturated rings. The lowest BCUT2D eigenvalue weighted by atomic mass is 10.1. The Morgan fingerprint density at radius 2 is 1.93 bits per heavy atom. The number of thiophene rings is 1. The maximum atomic E-state index is 12.5. The molecule has 0 radical (unpaired) electrons. The fraction of sp³-hybridized carbons (Fsp3) is 0.300. The SMILES string of the molecule is Cc1cc(-n2c(C)cc(C(=O)COC(=O)CCC(=O)c3cccs3)c2C)no1. The molecule has 0 amide bonds. The number of carbonyl (C=O) groups excluding carboxylic acids is 3. The average molecular weight is 400 g/mol. The van der Waals surface area contributed by atoms with Crippen LogP contribution in [0.1, 0.15) is 50.0 Å². The number of esters is 1. The summed E-state index contributed by atoms with van der Waals surface area (Å²) in [4.78, 5) is 36.9. The lowest BCUT2D eigenvalue weighted by Gasteiger charge is -2.06. The number of hydrogen-bond donors (Lipinski definition) is 0. The van der Waals surface area contributed by atoms with Gasteiger partial charge in [0.2, 0.25) is 5.78 Å². The van der Waals surface area contributed by atoms with Crippen molar-refractivity contribution in [1.29, 1.82) is 0 Å². The van der Waals surface area contributed by atoms with Gasteiger partial charge in [-0.1, -0.05) is 11.2 Å². The third kappa shape index (κ3) is 4.28. The van der Waals surface area contributed by atoms with Crippen LogP contribution in [0.15, 0.2) is 34.2 Å². The summed E-state index contributed by atoms with van der Waals surface area (Å²) in [6.07, 6.45) is 0.00874. The van der Waals surface area contributed by atoms with E-state index in [1.165, 1.54) is 11.3 Å². The highest BCUT2D eigenvalue weighted by Gasteiger charge is 2.20. The molecule has 3 heterocycles. The molecule has 8 heteroatoms. The highest BCUT2D eigenvalue weighted by molar-refractivity contribution is 7.12. The van der Waals surface area contributed by atoms with Crippen LogP contribution >= 0.6 is 11.3 Å². The largest absolute Gasteiger partial charge is 0.457 e. The molecular formula is C20H20N2O5S. The maximum absolute atomic E-state index is 12.5. The first-order chi connectivity index (χ1) is 13.4. The van der Waals surface area contributed by atoms with E-state index in [1.54, 1.807) is 43.5 Å². The van der Waals surface area contributed by atoms with Crippen molar-refractivity contribution in [2.45, 2.75) is 33.6 Å². The van der Waals surface area contributed by atoms with Gasteiger partial charge in [0, 0.05) is 29.4 Å². The number of nitrogens with zero attached hydrogens (tertiary/aromatic N) is 2. The maximum Gasteiger partial charge on any atom is 0.306 e. The van der Waals surface area contributed by atoms with Crippen molar-refractivity contribution in [3.63, 3.8) is 0 Å². The highest BCUT2D eigenvalue weighted by Crippen LogP contribution is 2.21. The molecule has 3 rings (SSSR count). The fourth-order valence-corrected chi connectivity index (χ4v) is 3.62. The first-order valence-electron chi connectivity index (χ1n) is 8.75. The van der Waals surface area contributed by atoms with Gasteiger partial charge in [-0.15, -0.1) is 11.3 Å². The summed E-state index contributed by atoms with van der Waals surface area (Å²) in [5.74, 6) is 0.276. The molecular weight excluding hydrogens is 380 g/mol. The second-order valence-electron chi connectivity index (χ2n) is 6.40. The Bertz CT molecular complexity index is 1010. The molecule has 0 aliphatic rings. The molecule has 0 bridgehead atoms. The predicted octanol–water partition coefficient (Wildman–Crippen LogP) is 3.84. The third-order valence-electron chi connectivity index (χ3n) is 4.29. The quantitative estimate of drug-likeness (QED) is 0.421. The van der Waals surface area contributed by atoms with Gasteiger partial charge in [0.05, 0.1) is 11.3 Å². The molecule has 3 aromatic rings. The molecule has 0 unspecified atom stereocenters. The Morgan fingerprint density at radius 3 is 2.57 bits per heavy atom. The van der Waals surface area contributed by atoms with Crippen molar-refractivity contribution in [3.05, 3.63) is 57.2 Å². The Labute approximate surface area is 165 Å². The molecule has 0 saturated heterocycles. The molecule has 146 valence electrons. The van der Waals surface area contributed by atoms with Crippen molar-refractivity contribution in [3.8, 4) is 5.82 Å². The summed E-state index contributed by atoms with van der Waals surface area (Å²) in [7, 11) is 0. The molecule has 0 atom stereocenters. The Balaban J connectivity index is 1.58. The van der Waals surface area contributed by atoms with Crippen LogP contribution in [0.5, 0.6) is 0 Å². The minimum atomic E-state index is -0.570. The van der Waals surface area contributed by atoms with Gasteiger partial charge in [-0.25, -0.2) is 0 Å². The first kappa shape index (κ1) is 19.8. The zero-order valence-corrected chi connectivity index (χ0v) is 16.7. The zero-order chi connectivity index (χ0) is 20.3. The van der Waals surface area contributed by atoms with Gasteiger partial charge >= 0.3 is 5.97 Å². The van der Waals surface area contributed by atoms with E-state index in [-0.39, 0.29) is 31.0 Å². The standard InChI is InChI=1S/C20H20N2O5S/c1-12-9-15(14(3)22(12)19-10-13(2)27-21-19)17(24)11-26-20(25)7-6-16(23)18-5-4-8-28-18/h4-5,8-10H,6-7,11H2,1-3H3. The van der Waals surface area contributed by atoms with E-state index in [1.807, 2.05) is 11.5 Å². The summed E-state index contributed by atoms with van der Waals surface area (Å²) in [5.41, 5.74) is 1.97. The monoisotopic (exact) mass is 400 g/mol. The molecule has 0 aromatic carbocycles. The van der Waals surface area contributed by atoms with Crippen molar-refractivity contribution >= 4 is 28.9 Å². The van der Waals surface area contributed by atoms with Gasteiger partial charge in [0.15, 0.2) is 18.2 Å². The summed E-state index contributed by atoms with van der Waals surface area (Å²) < 4.78 is 12.0. The third-order valence-corrected chi connectivity index (χ3v) is 5.20. The van der Waals surface area contributed by atoms with E-state index in [4.69, 9.17) is 9.26 Å². The second kappa shape index (κ2) is 8.35. The molecule has 28 heavy (non-hydrogen) atoms. The summed E-state index contributed by atoms with van der Waals surface area (Å²) >= 11 is 1.33. The molecule has 0 spiro atoms. The van der Waals surface area contributed by atoms with Gasteiger partial charge in [0.25, 0.3) is 0 Å². The highest BCUT2D eigenvalue weighted by atomic mass is 32.1. The molecule has 0 aliphatic carbocycles. The van der Waals surface area contributed by atoms with Gasteiger partial charge in [-0.3, -0.25) is 19.0 Å². The number of carbonyl (C=O) groups is 3. The van der Waals surface area contributed by atoms with Crippen LogP contribution < -0.4 is 0 Å². The number of hydrogen-bond acceptors (Lipinski definition) is 7. The molecule has 0 N–H and O–H groups in total. The zero-order valence-electron chi connectivity index (χ0n) is 15.9.